The minimum atomic E-state index is -4.79. The molecule has 2 aliphatic rings. The van der Waals surface area contributed by atoms with Crippen molar-refractivity contribution in [3.8, 4) is 5.69 Å². The van der Waals surface area contributed by atoms with Gasteiger partial charge in [0.1, 0.15) is 34.6 Å². The van der Waals surface area contributed by atoms with E-state index in [0.717, 1.165) is 0 Å². The predicted octanol–water partition coefficient (Wildman–Crippen LogP) is 4.17. The summed E-state index contributed by atoms with van der Waals surface area (Å²) in [7, 11) is 0. The third-order valence-corrected chi connectivity index (χ3v) is 7.30. The Kier molecular flexibility index (Phi) is 7.01. The minimum absolute atomic E-state index is 0.0439. The van der Waals surface area contributed by atoms with E-state index in [2.05, 4.69) is 4.98 Å². The molecule has 0 unspecified atom stereocenters. The molecule has 1 saturated carbocycles. The van der Waals surface area contributed by atoms with Crippen molar-refractivity contribution in [2.75, 3.05) is 24.6 Å². The van der Waals surface area contributed by atoms with Gasteiger partial charge in [-0.1, -0.05) is 0 Å². The summed E-state index contributed by atoms with van der Waals surface area (Å²) < 4.78 is 99.2. The van der Waals surface area contributed by atoms with E-state index in [9.17, 15) is 45.4 Å². The Morgan fingerprint density at radius 2 is 1.75 bits per heavy atom. The van der Waals surface area contributed by atoms with Gasteiger partial charge in [0.05, 0.1) is 12.0 Å². The molecule has 2 aromatic heterocycles. The highest BCUT2D eigenvalue weighted by Gasteiger charge is 2.50. The van der Waals surface area contributed by atoms with E-state index < -0.39 is 70.5 Å². The molecular formula is C26H23F7N4O3. The molecule has 14 heteroatoms. The van der Waals surface area contributed by atoms with Crippen LogP contribution in [-0.4, -0.2) is 58.1 Å². The zero-order chi connectivity index (χ0) is 29.0. The number of piperidine rings is 1. The molecule has 1 aliphatic heterocycles. The van der Waals surface area contributed by atoms with E-state index >= 15 is 0 Å². The van der Waals surface area contributed by atoms with Crippen molar-refractivity contribution >= 4 is 22.8 Å². The molecule has 3 aromatic rings. The summed E-state index contributed by atoms with van der Waals surface area (Å²) in [6, 6.07) is 1.04. The lowest BCUT2D eigenvalue weighted by atomic mass is 9.94. The SMILES string of the molecule is O=C(N[C@@H](C1CC1)C(F)(F)F)c1cn(-c2c(F)cc(F)cc2F)c2nc(N3CCC(F)(CO)CC3)ccc2c1=O. The van der Waals surface area contributed by atoms with Crippen molar-refractivity contribution in [3.05, 3.63) is 63.7 Å². The maximum atomic E-state index is 14.9. The van der Waals surface area contributed by atoms with Gasteiger partial charge in [-0.25, -0.2) is 22.5 Å². The summed E-state index contributed by atoms with van der Waals surface area (Å²) >= 11 is 0. The molecule has 214 valence electrons. The first kappa shape index (κ1) is 27.9. The summed E-state index contributed by atoms with van der Waals surface area (Å²) in [4.78, 5) is 32.2. The molecule has 0 spiro atoms. The number of nitrogens with zero attached hydrogens (tertiary/aromatic N) is 3. The number of benzene rings is 1. The topological polar surface area (TPSA) is 87.5 Å². The standard InChI is InChI=1S/C26H23F7N4O3/c27-14-9-17(28)20(18(29)10-14)37-11-16(24(40)35-22(13-1-2-13)26(31,32)33)21(39)15-3-4-19(34-23(15)37)36-7-5-25(30,12-38)6-8-36/h3-4,9-11,13,22,38H,1-2,5-8,12H2,(H,35,40)/t22-/m0/s1. The van der Waals surface area contributed by atoms with Crippen LogP contribution >= 0.6 is 0 Å². The number of aliphatic hydroxyl groups is 1. The fourth-order valence-electron chi connectivity index (χ4n) is 4.88. The lowest BCUT2D eigenvalue weighted by Crippen LogP contribution is -2.48. The number of rotatable bonds is 6. The van der Waals surface area contributed by atoms with Crippen LogP contribution < -0.4 is 15.6 Å². The minimum Gasteiger partial charge on any atom is -0.393 e. The number of amides is 1. The van der Waals surface area contributed by atoms with Crippen LogP contribution in [0.15, 0.2) is 35.3 Å². The molecule has 1 aliphatic carbocycles. The summed E-state index contributed by atoms with van der Waals surface area (Å²) in [5.74, 6) is -6.18. The van der Waals surface area contributed by atoms with Gasteiger partial charge >= 0.3 is 6.18 Å². The number of hydrogen-bond donors (Lipinski definition) is 2. The molecule has 2 fully saturated rings. The Hall–Kier alpha value is -3.68. The van der Waals surface area contributed by atoms with Crippen molar-refractivity contribution in [2.24, 2.45) is 5.92 Å². The highest BCUT2D eigenvalue weighted by molar-refractivity contribution is 5.97. The van der Waals surface area contributed by atoms with E-state index in [1.807, 2.05) is 5.32 Å². The zero-order valence-electron chi connectivity index (χ0n) is 20.7. The fraction of sp³-hybridized carbons (Fsp3) is 0.423. The summed E-state index contributed by atoms with van der Waals surface area (Å²) in [5, 5.41) is 10.8. The number of aromatic nitrogens is 2. The van der Waals surface area contributed by atoms with E-state index in [-0.39, 0.29) is 55.6 Å². The largest absolute Gasteiger partial charge is 0.408 e. The lowest BCUT2D eigenvalue weighted by Gasteiger charge is -2.36. The van der Waals surface area contributed by atoms with Gasteiger partial charge in [0.25, 0.3) is 5.91 Å². The van der Waals surface area contributed by atoms with Crippen molar-refractivity contribution in [2.45, 2.75) is 43.6 Å². The second kappa shape index (κ2) is 10.1. The van der Waals surface area contributed by atoms with Crippen LogP contribution in [0.4, 0.5) is 36.6 Å². The normalized spacial score (nSPS) is 18.1. The average molecular weight is 572 g/mol. The Bertz CT molecular complexity index is 1510. The maximum absolute atomic E-state index is 14.9. The monoisotopic (exact) mass is 572 g/mol. The first-order chi connectivity index (χ1) is 18.8. The molecule has 0 radical (unpaired) electrons. The Labute approximate surface area is 222 Å². The molecule has 40 heavy (non-hydrogen) atoms. The molecule has 1 aromatic carbocycles. The first-order valence-corrected chi connectivity index (χ1v) is 12.4. The summed E-state index contributed by atoms with van der Waals surface area (Å²) in [6.07, 6.45) is -3.76. The van der Waals surface area contributed by atoms with E-state index in [1.165, 1.54) is 12.1 Å². The molecule has 2 N–H and O–H groups in total. The lowest BCUT2D eigenvalue weighted by molar-refractivity contribution is -0.158. The number of halogens is 7. The van der Waals surface area contributed by atoms with Gasteiger partial charge in [-0.3, -0.25) is 14.2 Å². The van der Waals surface area contributed by atoms with Gasteiger partial charge in [0.15, 0.2) is 17.3 Å². The second-order valence-corrected chi connectivity index (χ2v) is 10.1. The van der Waals surface area contributed by atoms with Crippen LogP contribution in [0.1, 0.15) is 36.0 Å². The molecule has 1 saturated heterocycles. The highest BCUT2D eigenvalue weighted by Crippen LogP contribution is 2.40. The molecular weight excluding hydrogens is 549 g/mol. The van der Waals surface area contributed by atoms with Gasteiger partial charge in [0, 0.05) is 44.3 Å². The molecule has 0 bridgehead atoms. The van der Waals surface area contributed by atoms with Crippen LogP contribution in [0, 0.1) is 23.4 Å². The van der Waals surface area contributed by atoms with Gasteiger partial charge < -0.3 is 15.3 Å². The number of nitrogens with one attached hydrogen (secondary N) is 1. The zero-order valence-corrected chi connectivity index (χ0v) is 20.7. The Balaban J connectivity index is 1.64. The number of pyridine rings is 2. The fourth-order valence-corrected chi connectivity index (χ4v) is 4.88. The smallest absolute Gasteiger partial charge is 0.393 e. The summed E-state index contributed by atoms with van der Waals surface area (Å²) in [5.41, 5.74) is -4.93. The highest BCUT2D eigenvalue weighted by atomic mass is 19.4. The second-order valence-electron chi connectivity index (χ2n) is 10.1. The first-order valence-electron chi connectivity index (χ1n) is 12.4. The number of aliphatic hydroxyl groups excluding tert-OH is 1. The van der Waals surface area contributed by atoms with Crippen LogP contribution in [0.2, 0.25) is 0 Å². The quantitative estimate of drug-likeness (QED) is 0.433. The molecule has 7 nitrogen and oxygen atoms in total. The van der Waals surface area contributed by atoms with Crippen molar-refractivity contribution < 1.29 is 40.6 Å². The number of anilines is 1. The van der Waals surface area contributed by atoms with Gasteiger partial charge in [0.2, 0.25) is 5.43 Å². The van der Waals surface area contributed by atoms with Crippen LogP contribution in [-0.2, 0) is 0 Å². The van der Waals surface area contributed by atoms with E-state index in [4.69, 9.17) is 0 Å². The van der Waals surface area contributed by atoms with E-state index in [1.54, 1.807) is 4.90 Å². The van der Waals surface area contributed by atoms with Crippen molar-refractivity contribution in [3.63, 3.8) is 0 Å². The van der Waals surface area contributed by atoms with Gasteiger partial charge in [-0.15, -0.1) is 0 Å². The predicted molar refractivity (Wildman–Crippen MR) is 130 cm³/mol. The number of hydrogen-bond acceptors (Lipinski definition) is 5. The third-order valence-electron chi connectivity index (χ3n) is 7.30. The number of alkyl halides is 4. The number of carbonyl (C=O) groups excluding carboxylic acids is 1. The van der Waals surface area contributed by atoms with Gasteiger partial charge in [-0.2, -0.15) is 13.2 Å². The van der Waals surface area contributed by atoms with Crippen LogP contribution in [0.3, 0.4) is 0 Å². The van der Waals surface area contributed by atoms with Crippen molar-refractivity contribution in [1.82, 2.24) is 14.9 Å². The number of carbonyl (C=O) groups is 1. The third kappa shape index (κ3) is 5.23. The van der Waals surface area contributed by atoms with Crippen molar-refractivity contribution in [1.29, 1.82) is 0 Å². The molecule has 1 amide bonds. The van der Waals surface area contributed by atoms with Crippen LogP contribution in [0.5, 0.6) is 0 Å². The molecule has 3 heterocycles. The van der Waals surface area contributed by atoms with Gasteiger partial charge in [-0.05, 0) is 30.9 Å². The Morgan fingerprint density at radius 3 is 2.30 bits per heavy atom. The van der Waals surface area contributed by atoms with Crippen LogP contribution in [0.25, 0.3) is 16.7 Å². The van der Waals surface area contributed by atoms with E-state index in [0.29, 0.717) is 22.9 Å². The summed E-state index contributed by atoms with van der Waals surface area (Å²) in [6.45, 7) is -0.450. The average Bonchev–Trinajstić information content (AvgIpc) is 3.72. The Morgan fingerprint density at radius 1 is 1.12 bits per heavy atom. The maximum Gasteiger partial charge on any atom is 0.408 e. The molecule has 5 rings (SSSR count). The number of fused-ring (bicyclic) bond motifs is 1. The molecule has 1 atom stereocenters.